The molecule has 0 saturated carbocycles. The van der Waals surface area contributed by atoms with E-state index in [0.717, 1.165) is 17.8 Å². The lowest BCUT2D eigenvalue weighted by molar-refractivity contribution is 0.0696. The van der Waals surface area contributed by atoms with E-state index in [2.05, 4.69) is 9.97 Å². The van der Waals surface area contributed by atoms with E-state index in [1.807, 2.05) is 0 Å². The molecule has 2 rings (SSSR count). The summed E-state index contributed by atoms with van der Waals surface area (Å²) in [6.45, 7) is 0. The lowest BCUT2D eigenvalue weighted by atomic mass is 10.2. The maximum atomic E-state index is 13.7. The Bertz CT molecular complexity index is 649. The number of aromatic carboxylic acids is 1. The van der Waals surface area contributed by atoms with Crippen LogP contribution in [-0.4, -0.2) is 35.1 Å². The molecule has 1 N–H and O–H groups in total. The van der Waals surface area contributed by atoms with Crippen molar-refractivity contribution >= 4 is 23.7 Å². The van der Waals surface area contributed by atoms with E-state index < -0.39 is 11.8 Å². The Morgan fingerprint density at radius 2 is 2.10 bits per heavy atom. The van der Waals surface area contributed by atoms with Crippen LogP contribution in [0, 0.1) is 5.82 Å². The zero-order chi connectivity index (χ0) is 14.7. The van der Waals surface area contributed by atoms with E-state index in [9.17, 15) is 9.18 Å². The van der Waals surface area contributed by atoms with E-state index in [1.54, 1.807) is 31.3 Å². The maximum Gasteiger partial charge on any atom is 0.335 e. The van der Waals surface area contributed by atoms with Crippen LogP contribution in [0.15, 0.2) is 40.4 Å². The van der Waals surface area contributed by atoms with E-state index in [1.165, 1.54) is 12.1 Å². The van der Waals surface area contributed by atoms with Gasteiger partial charge in [0.2, 0.25) is 5.95 Å². The van der Waals surface area contributed by atoms with Gasteiger partial charge in [0, 0.05) is 20.3 Å². The minimum Gasteiger partial charge on any atom is -0.478 e. The molecule has 0 aliphatic heterocycles. The number of halogens is 1. The first-order chi connectivity index (χ1) is 9.47. The molecular weight excluding hydrogens is 281 g/mol. The third kappa shape index (κ3) is 3.24. The van der Waals surface area contributed by atoms with E-state index in [4.69, 9.17) is 5.11 Å². The van der Waals surface area contributed by atoms with E-state index in [0.29, 0.717) is 11.0 Å². The zero-order valence-electron chi connectivity index (χ0n) is 10.9. The van der Waals surface area contributed by atoms with Gasteiger partial charge in [-0.3, -0.25) is 0 Å². The molecule has 1 aromatic heterocycles. The first-order valence-corrected chi connectivity index (χ1v) is 6.50. The van der Waals surface area contributed by atoms with Crippen LogP contribution in [0.1, 0.15) is 10.4 Å². The smallest absolute Gasteiger partial charge is 0.335 e. The number of anilines is 1. The fourth-order valence-electron chi connectivity index (χ4n) is 1.43. The third-order valence-electron chi connectivity index (χ3n) is 2.41. The Balaban J connectivity index is 2.32. The molecule has 20 heavy (non-hydrogen) atoms. The van der Waals surface area contributed by atoms with E-state index >= 15 is 0 Å². The largest absolute Gasteiger partial charge is 0.478 e. The number of carbonyl (C=O) groups is 1. The number of nitrogens with zero attached hydrogens (tertiary/aromatic N) is 3. The highest BCUT2D eigenvalue weighted by Gasteiger charge is 2.11. The average molecular weight is 293 g/mol. The van der Waals surface area contributed by atoms with Gasteiger partial charge in [-0.1, -0.05) is 11.8 Å². The molecule has 0 unspecified atom stereocenters. The number of hydrogen-bond donors (Lipinski definition) is 1. The summed E-state index contributed by atoms with van der Waals surface area (Å²) < 4.78 is 13.7. The Kier molecular flexibility index (Phi) is 4.19. The summed E-state index contributed by atoms with van der Waals surface area (Å²) in [5.41, 5.74) is 0.0378. The molecule has 0 atom stereocenters. The lowest BCUT2D eigenvalue weighted by Gasteiger charge is -2.10. The predicted octanol–water partition coefficient (Wildman–Crippen LogP) is 2.53. The van der Waals surface area contributed by atoms with Crippen molar-refractivity contribution in [2.45, 2.75) is 9.92 Å². The fourth-order valence-corrected chi connectivity index (χ4v) is 2.26. The molecule has 0 fully saturated rings. The Morgan fingerprint density at radius 3 is 2.75 bits per heavy atom. The van der Waals surface area contributed by atoms with Gasteiger partial charge >= 0.3 is 5.97 Å². The van der Waals surface area contributed by atoms with Crippen molar-refractivity contribution in [3.8, 4) is 0 Å². The van der Waals surface area contributed by atoms with Gasteiger partial charge in [-0.2, -0.15) is 0 Å². The van der Waals surface area contributed by atoms with Crippen molar-refractivity contribution in [1.29, 1.82) is 0 Å². The number of aromatic nitrogens is 2. The topological polar surface area (TPSA) is 66.3 Å². The zero-order valence-corrected chi connectivity index (χ0v) is 11.7. The number of carboxylic acids is 1. The van der Waals surface area contributed by atoms with Gasteiger partial charge in [0.05, 0.1) is 10.5 Å². The van der Waals surface area contributed by atoms with Gasteiger partial charge in [0.15, 0.2) is 0 Å². The highest BCUT2D eigenvalue weighted by molar-refractivity contribution is 7.99. The molecule has 5 nitrogen and oxygen atoms in total. The molecule has 0 radical (unpaired) electrons. The van der Waals surface area contributed by atoms with Crippen molar-refractivity contribution in [3.63, 3.8) is 0 Å². The molecule has 7 heteroatoms. The first-order valence-electron chi connectivity index (χ1n) is 5.68. The molecule has 0 amide bonds. The van der Waals surface area contributed by atoms with Crippen LogP contribution in [0.2, 0.25) is 0 Å². The summed E-state index contributed by atoms with van der Waals surface area (Å²) in [7, 11) is 3.60. The summed E-state index contributed by atoms with van der Waals surface area (Å²) in [5, 5.41) is 9.47. The summed E-state index contributed by atoms with van der Waals surface area (Å²) in [4.78, 5) is 21.2. The Morgan fingerprint density at radius 1 is 1.35 bits per heavy atom. The van der Waals surface area contributed by atoms with Crippen LogP contribution >= 0.6 is 11.8 Å². The number of hydrogen-bond acceptors (Lipinski definition) is 5. The van der Waals surface area contributed by atoms with Gasteiger partial charge in [0.25, 0.3) is 0 Å². The Hall–Kier alpha value is -2.15. The molecule has 0 aliphatic rings. The van der Waals surface area contributed by atoms with Crippen molar-refractivity contribution in [3.05, 3.63) is 41.8 Å². The van der Waals surface area contributed by atoms with Gasteiger partial charge in [0.1, 0.15) is 10.8 Å². The standard InChI is InChI=1S/C13H12FN3O2S/c1-17(2)13-15-6-5-11(16-13)20-10-7-8(12(18)19)3-4-9(10)14/h3-7H,1-2H3,(H,18,19). The van der Waals surface area contributed by atoms with Crippen molar-refractivity contribution in [1.82, 2.24) is 9.97 Å². The van der Waals surface area contributed by atoms with Gasteiger partial charge in [-0.15, -0.1) is 0 Å². The molecule has 0 aliphatic carbocycles. The second-order valence-electron chi connectivity index (χ2n) is 4.14. The lowest BCUT2D eigenvalue weighted by Crippen LogP contribution is -2.12. The van der Waals surface area contributed by atoms with Crippen LogP contribution in [0.4, 0.5) is 10.3 Å². The van der Waals surface area contributed by atoms with Crippen LogP contribution in [0.25, 0.3) is 0 Å². The molecule has 1 heterocycles. The maximum absolute atomic E-state index is 13.7. The summed E-state index contributed by atoms with van der Waals surface area (Å²) in [5.74, 6) is -1.07. The van der Waals surface area contributed by atoms with Crippen LogP contribution in [0.3, 0.4) is 0 Å². The molecule has 0 saturated heterocycles. The SMILES string of the molecule is CN(C)c1nccc(Sc2cc(C(=O)O)ccc2F)n1. The Labute approximate surface area is 119 Å². The summed E-state index contributed by atoms with van der Waals surface area (Å²) in [6, 6.07) is 5.30. The summed E-state index contributed by atoms with van der Waals surface area (Å²) >= 11 is 1.06. The van der Waals surface area contributed by atoms with E-state index in [-0.39, 0.29) is 10.5 Å². The monoisotopic (exact) mass is 293 g/mol. The molecule has 0 spiro atoms. The summed E-state index contributed by atoms with van der Waals surface area (Å²) in [6.07, 6.45) is 1.57. The van der Waals surface area contributed by atoms with Crippen molar-refractivity contribution < 1.29 is 14.3 Å². The third-order valence-corrected chi connectivity index (χ3v) is 3.38. The van der Waals surface area contributed by atoms with Gasteiger partial charge < -0.3 is 10.0 Å². The molecule has 0 bridgehead atoms. The average Bonchev–Trinajstić information content (AvgIpc) is 2.41. The molecule has 104 valence electrons. The fraction of sp³-hybridized carbons (Fsp3) is 0.154. The number of benzene rings is 1. The molecule has 1 aromatic carbocycles. The highest BCUT2D eigenvalue weighted by Crippen LogP contribution is 2.29. The first kappa shape index (κ1) is 14.3. The normalized spacial score (nSPS) is 10.3. The van der Waals surface area contributed by atoms with Crippen LogP contribution in [-0.2, 0) is 0 Å². The van der Waals surface area contributed by atoms with Crippen molar-refractivity contribution in [2.24, 2.45) is 0 Å². The second-order valence-corrected chi connectivity index (χ2v) is 5.20. The van der Waals surface area contributed by atoms with Gasteiger partial charge in [-0.05, 0) is 24.3 Å². The minimum atomic E-state index is -1.09. The second kappa shape index (κ2) is 5.87. The highest BCUT2D eigenvalue weighted by atomic mass is 32.2. The number of carboxylic acid groups (broad SMARTS) is 1. The quantitative estimate of drug-likeness (QED) is 0.874. The minimum absolute atomic E-state index is 0.0378. The van der Waals surface area contributed by atoms with Crippen molar-refractivity contribution in [2.75, 3.05) is 19.0 Å². The molecular formula is C13H12FN3O2S. The van der Waals surface area contributed by atoms with Gasteiger partial charge in [-0.25, -0.2) is 19.2 Å². The van der Waals surface area contributed by atoms with Crippen LogP contribution in [0.5, 0.6) is 0 Å². The number of rotatable bonds is 4. The van der Waals surface area contributed by atoms with Crippen LogP contribution < -0.4 is 4.90 Å². The molecule has 2 aromatic rings. The predicted molar refractivity (Wildman–Crippen MR) is 73.8 cm³/mol.